The molecule has 10 heteroatoms. The molecule has 4 aromatic rings. The molecular weight excluding hydrogens is 474 g/mol. The lowest BCUT2D eigenvalue weighted by Gasteiger charge is -2.19. The second kappa shape index (κ2) is 9.55. The first kappa shape index (κ1) is 23.3. The fourth-order valence-corrected chi connectivity index (χ4v) is 4.74. The van der Waals surface area contributed by atoms with Crippen molar-refractivity contribution >= 4 is 28.8 Å². The van der Waals surface area contributed by atoms with E-state index in [4.69, 9.17) is 22.1 Å². The van der Waals surface area contributed by atoms with Crippen LogP contribution in [0.15, 0.2) is 58.7 Å². The molecule has 4 rings (SSSR count). The van der Waals surface area contributed by atoms with Crippen LogP contribution in [0, 0.1) is 24.2 Å². The number of nitrogens with two attached hydrogens (primary N) is 1. The molecule has 0 bridgehead atoms. The van der Waals surface area contributed by atoms with Gasteiger partial charge in [-0.1, -0.05) is 23.7 Å². The number of ether oxygens (including phenoxy) is 1. The molecule has 0 aliphatic rings. The number of halogens is 1. The van der Waals surface area contributed by atoms with Crippen LogP contribution in [0.2, 0.25) is 5.02 Å². The van der Waals surface area contributed by atoms with Gasteiger partial charge in [0.25, 0.3) is 5.56 Å². The number of methoxy groups -OCH3 is 1. The predicted octanol–water partition coefficient (Wildman–Crippen LogP) is 4.02. The second-order valence-electron chi connectivity index (χ2n) is 7.57. The first-order valence-electron chi connectivity index (χ1n) is 10.2. The molecule has 0 aliphatic heterocycles. The molecule has 172 valence electrons. The lowest BCUT2D eigenvalue weighted by Crippen LogP contribution is -2.31. The van der Waals surface area contributed by atoms with Gasteiger partial charge in [0.2, 0.25) is 11.0 Å². The number of aryl methyl sites for hydroxylation is 1. The quantitative estimate of drug-likeness (QED) is 0.402. The van der Waals surface area contributed by atoms with Crippen LogP contribution in [0.3, 0.4) is 0 Å². The summed E-state index contributed by atoms with van der Waals surface area (Å²) in [6.45, 7) is 1.71. The van der Waals surface area contributed by atoms with Gasteiger partial charge in [0.05, 0.1) is 18.9 Å². The number of nitrogens with one attached hydrogen (secondary N) is 1. The smallest absolute Gasteiger partial charge is 0.277 e. The van der Waals surface area contributed by atoms with E-state index in [-0.39, 0.29) is 5.56 Å². The van der Waals surface area contributed by atoms with Crippen molar-refractivity contribution in [3.8, 4) is 28.2 Å². The number of amides is 1. The summed E-state index contributed by atoms with van der Waals surface area (Å²) in [7, 11) is 1.60. The highest BCUT2D eigenvalue weighted by Gasteiger charge is 2.34. The van der Waals surface area contributed by atoms with Gasteiger partial charge < -0.3 is 10.5 Å². The van der Waals surface area contributed by atoms with Crippen LogP contribution < -0.4 is 16.0 Å². The first-order valence-corrected chi connectivity index (χ1v) is 11.5. The minimum Gasteiger partial charge on any atom is -0.497 e. The number of carbonyl (C=O) groups excluding carboxylic acids is 1. The largest absolute Gasteiger partial charge is 0.497 e. The van der Waals surface area contributed by atoms with Crippen LogP contribution in [-0.4, -0.2) is 27.8 Å². The highest BCUT2D eigenvalue weighted by Crippen LogP contribution is 2.33. The van der Waals surface area contributed by atoms with Crippen molar-refractivity contribution < 1.29 is 9.53 Å². The molecule has 0 fully saturated rings. The number of rotatable bonds is 7. The van der Waals surface area contributed by atoms with Gasteiger partial charge in [0, 0.05) is 33.1 Å². The molecule has 0 saturated carbocycles. The Kier molecular flexibility index (Phi) is 6.54. The van der Waals surface area contributed by atoms with Gasteiger partial charge >= 0.3 is 0 Å². The number of primary amides is 1. The van der Waals surface area contributed by atoms with Gasteiger partial charge in [-0.25, -0.2) is 4.98 Å². The van der Waals surface area contributed by atoms with Crippen LogP contribution in [0.4, 0.5) is 0 Å². The van der Waals surface area contributed by atoms with Crippen LogP contribution in [0.5, 0.6) is 5.75 Å². The Balaban J connectivity index is 1.80. The van der Waals surface area contributed by atoms with E-state index in [1.807, 2.05) is 35.7 Å². The molecule has 34 heavy (non-hydrogen) atoms. The number of hydrogen-bond donors (Lipinski definition) is 2. The number of thiazole rings is 1. The maximum atomic E-state index is 13.5. The Hall–Kier alpha value is -3.87. The number of hydrogen-bond acceptors (Lipinski definition) is 6. The minimum absolute atomic E-state index is 0.272. The molecular formula is C24H20ClN5O3S. The molecule has 3 N–H and O–H groups in total. The zero-order valence-corrected chi connectivity index (χ0v) is 19.9. The van der Waals surface area contributed by atoms with E-state index in [1.165, 1.54) is 16.0 Å². The molecule has 2 aromatic heterocycles. The van der Waals surface area contributed by atoms with Crippen molar-refractivity contribution in [2.24, 2.45) is 11.7 Å². The number of aromatic nitrogens is 3. The lowest BCUT2D eigenvalue weighted by atomic mass is 9.81. The van der Waals surface area contributed by atoms with E-state index in [0.29, 0.717) is 27.1 Å². The molecule has 0 radical (unpaired) electrons. The third-order valence-electron chi connectivity index (χ3n) is 5.51. The van der Waals surface area contributed by atoms with E-state index in [2.05, 4.69) is 10.1 Å². The molecule has 0 saturated heterocycles. The van der Waals surface area contributed by atoms with Gasteiger partial charge in [0.1, 0.15) is 11.7 Å². The molecule has 2 aromatic carbocycles. The second-order valence-corrected chi connectivity index (χ2v) is 8.85. The fourth-order valence-electron chi connectivity index (χ4n) is 3.82. The van der Waals surface area contributed by atoms with Gasteiger partial charge in [-0.3, -0.25) is 14.7 Å². The van der Waals surface area contributed by atoms with Crippen molar-refractivity contribution in [1.29, 1.82) is 5.26 Å². The van der Waals surface area contributed by atoms with Crippen LogP contribution in [0.25, 0.3) is 16.4 Å². The fraction of sp³-hybridized carbons (Fsp3) is 0.167. The number of nitriles is 1. The zero-order valence-electron chi connectivity index (χ0n) is 18.3. The lowest BCUT2D eigenvalue weighted by molar-refractivity contribution is -0.120. The highest BCUT2D eigenvalue weighted by molar-refractivity contribution is 7.12. The van der Waals surface area contributed by atoms with Crippen molar-refractivity contribution in [2.75, 3.05) is 7.11 Å². The summed E-state index contributed by atoms with van der Waals surface area (Å²) in [5.41, 5.74) is 8.06. The topological polar surface area (TPSA) is 127 Å². The van der Waals surface area contributed by atoms with Crippen LogP contribution >= 0.6 is 22.9 Å². The SMILES string of the molecule is COc1ccc(-c2csc(-n3[nH]c(C)c([C@H](c4ccc(Cl)cc4)[C@@H](C#N)C(N)=O)c3=O)n2)cc1. The van der Waals surface area contributed by atoms with E-state index >= 15 is 0 Å². The molecule has 1 amide bonds. The Labute approximate surface area is 204 Å². The molecule has 0 spiro atoms. The van der Waals surface area contributed by atoms with E-state index in [1.54, 1.807) is 38.3 Å². The van der Waals surface area contributed by atoms with Crippen molar-refractivity contribution in [1.82, 2.24) is 14.8 Å². The van der Waals surface area contributed by atoms with Crippen molar-refractivity contribution in [2.45, 2.75) is 12.8 Å². The first-order chi connectivity index (χ1) is 16.3. The average molecular weight is 494 g/mol. The minimum atomic E-state index is -1.25. The zero-order chi connectivity index (χ0) is 24.4. The number of benzene rings is 2. The van der Waals surface area contributed by atoms with Crippen LogP contribution in [-0.2, 0) is 4.79 Å². The Morgan fingerprint density at radius 2 is 1.91 bits per heavy atom. The Morgan fingerprint density at radius 3 is 2.50 bits per heavy atom. The van der Waals surface area contributed by atoms with Crippen LogP contribution in [0.1, 0.15) is 22.7 Å². The summed E-state index contributed by atoms with van der Waals surface area (Å²) in [4.78, 5) is 30.3. The normalized spacial score (nSPS) is 12.6. The monoisotopic (exact) mass is 493 g/mol. The molecule has 8 nitrogen and oxygen atoms in total. The molecule has 0 unspecified atom stereocenters. The summed E-state index contributed by atoms with van der Waals surface area (Å²) in [6.07, 6.45) is 0. The predicted molar refractivity (Wildman–Crippen MR) is 130 cm³/mol. The third-order valence-corrected chi connectivity index (χ3v) is 6.58. The van der Waals surface area contributed by atoms with E-state index in [0.717, 1.165) is 11.3 Å². The molecule has 0 aliphatic carbocycles. The summed E-state index contributed by atoms with van der Waals surface area (Å²) in [5, 5.41) is 15.5. The summed E-state index contributed by atoms with van der Waals surface area (Å²) >= 11 is 7.30. The Morgan fingerprint density at radius 1 is 1.24 bits per heavy atom. The third kappa shape index (κ3) is 4.33. The standard InChI is InChI=1S/C24H20ClN5O3S/c1-13-20(21(18(11-26)22(27)31)15-3-7-16(25)8-4-15)23(32)30(29-13)24-28-19(12-34-24)14-5-9-17(33-2)10-6-14/h3-10,12,18,21,29H,1-2H3,(H2,27,31)/t18-,21-/m1/s1. The number of nitrogens with zero attached hydrogens (tertiary/aromatic N) is 3. The number of H-pyrrole nitrogens is 1. The number of carbonyl (C=O) groups is 1. The van der Waals surface area contributed by atoms with E-state index < -0.39 is 23.3 Å². The molecule has 2 heterocycles. The summed E-state index contributed by atoms with van der Waals surface area (Å²) in [6, 6.07) is 16.0. The Bertz CT molecular complexity index is 1430. The van der Waals surface area contributed by atoms with Gasteiger partial charge in [-0.2, -0.15) is 9.94 Å². The maximum Gasteiger partial charge on any atom is 0.277 e. The summed E-state index contributed by atoms with van der Waals surface area (Å²) in [5.74, 6) is -2.20. The average Bonchev–Trinajstić information content (AvgIpc) is 3.43. The van der Waals surface area contributed by atoms with Gasteiger partial charge in [-0.15, -0.1) is 11.3 Å². The highest BCUT2D eigenvalue weighted by atomic mass is 35.5. The van der Waals surface area contributed by atoms with Crippen molar-refractivity contribution in [3.63, 3.8) is 0 Å². The molecule has 2 atom stereocenters. The number of aromatic amines is 1. The maximum absolute atomic E-state index is 13.5. The summed E-state index contributed by atoms with van der Waals surface area (Å²) < 4.78 is 6.51. The van der Waals surface area contributed by atoms with Gasteiger partial charge in [0.15, 0.2) is 0 Å². The van der Waals surface area contributed by atoms with Gasteiger partial charge in [-0.05, 0) is 48.9 Å². The van der Waals surface area contributed by atoms with Crippen molar-refractivity contribution in [3.05, 3.63) is 86.1 Å². The van der Waals surface area contributed by atoms with E-state index in [9.17, 15) is 14.9 Å².